The molecule has 1 saturated heterocycles. The Morgan fingerprint density at radius 1 is 1.31 bits per heavy atom. The zero-order valence-corrected chi connectivity index (χ0v) is 21.5. The van der Waals surface area contributed by atoms with Gasteiger partial charge in [-0.15, -0.1) is 0 Å². The molecule has 0 saturated carbocycles. The Kier molecular flexibility index (Phi) is 8.86. The van der Waals surface area contributed by atoms with Crippen LogP contribution in [-0.2, 0) is 6.42 Å². The van der Waals surface area contributed by atoms with Gasteiger partial charge >= 0.3 is 0 Å². The summed E-state index contributed by atoms with van der Waals surface area (Å²) in [6.07, 6.45) is 13.6. The van der Waals surface area contributed by atoms with E-state index in [0.717, 1.165) is 55.8 Å². The summed E-state index contributed by atoms with van der Waals surface area (Å²) >= 11 is 6.51. The van der Waals surface area contributed by atoms with Gasteiger partial charge in [0.25, 0.3) is 0 Å². The van der Waals surface area contributed by atoms with E-state index in [1.54, 1.807) is 18.2 Å². The molecular weight excluding hydrogens is 474 g/mol. The Balaban J connectivity index is 1.55. The highest BCUT2D eigenvalue weighted by atomic mass is 35.5. The van der Waals surface area contributed by atoms with E-state index in [2.05, 4.69) is 23.6 Å². The molecule has 190 valence electrons. The molecule has 6 nitrogen and oxygen atoms in total. The fourth-order valence-corrected chi connectivity index (χ4v) is 4.76. The number of allylic oxidation sites excluding steroid dienone is 8. The molecule has 1 fully saturated rings. The van der Waals surface area contributed by atoms with Crippen molar-refractivity contribution in [3.63, 3.8) is 0 Å². The lowest BCUT2D eigenvalue weighted by Crippen LogP contribution is -2.53. The molecule has 3 N–H and O–H groups in total. The van der Waals surface area contributed by atoms with Crippen molar-refractivity contribution in [2.75, 3.05) is 19.6 Å². The molecule has 1 aromatic carbocycles. The molecule has 1 aromatic heterocycles. The molecular formula is C29H34ClN3O3. The third-order valence-electron chi connectivity index (χ3n) is 6.31. The zero-order valence-electron chi connectivity index (χ0n) is 20.7. The van der Waals surface area contributed by atoms with Gasteiger partial charge in [-0.2, -0.15) is 0 Å². The lowest BCUT2D eigenvalue weighted by atomic mass is 9.93. The van der Waals surface area contributed by atoms with Crippen LogP contribution in [0.15, 0.2) is 82.6 Å². The quantitative estimate of drug-likeness (QED) is 0.382. The van der Waals surface area contributed by atoms with E-state index in [9.17, 15) is 5.11 Å². The van der Waals surface area contributed by atoms with Crippen LogP contribution in [0.25, 0.3) is 5.57 Å². The van der Waals surface area contributed by atoms with Crippen molar-refractivity contribution in [1.82, 2.24) is 10.1 Å². The van der Waals surface area contributed by atoms with Crippen LogP contribution in [0, 0.1) is 0 Å². The molecule has 36 heavy (non-hydrogen) atoms. The molecule has 0 amide bonds. The smallest absolute Gasteiger partial charge is 0.147 e. The first-order chi connectivity index (χ1) is 17.5. The number of ether oxygens (including phenoxy) is 1. The molecule has 4 rings (SSSR count). The first-order valence-electron chi connectivity index (χ1n) is 12.5. The number of hydrogen-bond acceptors (Lipinski definition) is 6. The minimum absolute atomic E-state index is 0.213. The third-order valence-corrected chi connectivity index (χ3v) is 6.67. The Morgan fingerprint density at radius 3 is 2.75 bits per heavy atom. The van der Waals surface area contributed by atoms with Crippen LogP contribution >= 0.6 is 11.6 Å². The predicted octanol–water partition coefficient (Wildman–Crippen LogP) is 5.66. The minimum Gasteiger partial charge on any atom is -0.488 e. The standard InChI is InChI=1S/C29H34ClN3O3/c1-3-8-21(31)9-7-12-26-27(28(32-36-26)24-10-5-6-11-25(24)30)29(34)20-13-15-22(16-14-20)35-23-18-33(19-23)17-4-2/h3,7-11,13-16,23,29,34H,1,4-6,12,17-19,31H2,2H3/b9-7-,21-8+/t29-/m0/s1. The van der Waals surface area contributed by atoms with Crippen molar-refractivity contribution in [3.05, 3.63) is 101 Å². The lowest BCUT2D eigenvalue weighted by molar-refractivity contribution is 0.0202. The summed E-state index contributed by atoms with van der Waals surface area (Å²) in [7, 11) is 0. The van der Waals surface area contributed by atoms with E-state index < -0.39 is 6.10 Å². The maximum Gasteiger partial charge on any atom is 0.147 e. The SMILES string of the molecule is C=C/C=C(N)\C=C/Cc1onc(C2=CCCC=C2Cl)c1[C@@H](O)c1ccc(OC2CN(CCC)C2)cc1. The summed E-state index contributed by atoms with van der Waals surface area (Å²) in [4.78, 5) is 2.38. The van der Waals surface area contributed by atoms with Crippen LogP contribution in [0.1, 0.15) is 54.9 Å². The van der Waals surface area contributed by atoms with Gasteiger partial charge in [-0.25, -0.2) is 0 Å². The van der Waals surface area contributed by atoms with Crippen LogP contribution in [0.2, 0.25) is 0 Å². The maximum absolute atomic E-state index is 11.5. The number of rotatable bonds is 11. The summed E-state index contributed by atoms with van der Waals surface area (Å²) in [5, 5.41) is 16.4. The second-order valence-electron chi connectivity index (χ2n) is 9.10. The van der Waals surface area contributed by atoms with Gasteiger partial charge in [0.15, 0.2) is 0 Å². The number of aromatic nitrogens is 1. The summed E-state index contributed by atoms with van der Waals surface area (Å²) in [6.45, 7) is 8.85. The van der Waals surface area contributed by atoms with Crippen molar-refractivity contribution in [2.45, 2.75) is 44.8 Å². The average Bonchev–Trinajstić information content (AvgIpc) is 3.26. The number of halogens is 1. The first-order valence-corrected chi connectivity index (χ1v) is 12.8. The number of nitrogens with two attached hydrogens (primary N) is 1. The number of hydrogen-bond donors (Lipinski definition) is 2. The Bertz CT molecular complexity index is 1170. The number of aliphatic hydroxyl groups excluding tert-OH is 1. The highest BCUT2D eigenvalue weighted by Gasteiger charge is 2.29. The maximum atomic E-state index is 11.5. The second kappa shape index (κ2) is 12.3. The lowest BCUT2D eigenvalue weighted by Gasteiger charge is -2.38. The normalized spacial score (nSPS) is 18.0. The van der Waals surface area contributed by atoms with Crippen molar-refractivity contribution >= 4 is 17.2 Å². The molecule has 1 aliphatic heterocycles. The van der Waals surface area contributed by atoms with Crippen LogP contribution in [0.4, 0.5) is 0 Å². The zero-order chi connectivity index (χ0) is 25.5. The molecule has 1 aliphatic carbocycles. The van der Waals surface area contributed by atoms with E-state index >= 15 is 0 Å². The Hall–Kier alpha value is -3.06. The summed E-state index contributed by atoms with van der Waals surface area (Å²) in [5.41, 5.74) is 9.17. The van der Waals surface area contributed by atoms with E-state index in [1.165, 1.54) is 0 Å². The Morgan fingerprint density at radius 2 is 2.06 bits per heavy atom. The second-order valence-corrected chi connectivity index (χ2v) is 9.50. The largest absolute Gasteiger partial charge is 0.488 e. The summed E-state index contributed by atoms with van der Waals surface area (Å²) in [5.74, 6) is 1.35. The van der Waals surface area contributed by atoms with Gasteiger partial charge in [0.2, 0.25) is 0 Å². The molecule has 0 spiro atoms. The van der Waals surface area contributed by atoms with E-state index in [-0.39, 0.29) is 6.10 Å². The Labute approximate surface area is 218 Å². The third kappa shape index (κ3) is 6.19. The van der Waals surface area contributed by atoms with Gasteiger partial charge in [0.1, 0.15) is 29.4 Å². The van der Waals surface area contributed by atoms with E-state index in [4.69, 9.17) is 26.6 Å². The molecule has 2 aliphatic rings. The van der Waals surface area contributed by atoms with Crippen LogP contribution in [-0.4, -0.2) is 40.9 Å². The highest BCUT2D eigenvalue weighted by Crippen LogP contribution is 2.38. The summed E-state index contributed by atoms with van der Waals surface area (Å²) < 4.78 is 11.8. The molecule has 2 heterocycles. The number of benzene rings is 1. The first kappa shape index (κ1) is 26.0. The topological polar surface area (TPSA) is 84.8 Å². The molecule has 2 aromatic rings. The van der Waals surface area contributed by atoms with Crippen molar-refractivity contribution < 1.29 is 14.4 Å². The highest BCUT2D eigenvalue weighted by molar-refractivity contribution is 6.37. The number of aliphatic hydroxyl groups is 1. The van der Waals surface area contributed by atoms with Gasteiger partial charge < -0.3 is 20.1 Å². The van der Waals surface area contributed by atoms with Crippen molar-refractivity contribution in [1.29, 1.82) is 0 Å². The fourth-order valence-electron chi connectivity index (χ4n) is 4.49. The molecule has 0 unspecified atom stereocenters. The summed E-state index contributed by atoms with van der Waals surface area (Å²) in [6, 6.07) is 7.58. The van der Waals surface area contributed by atoms with Gasteiger partial charge in [-0.05, 0) is 55.7 Å². The van der Waals surface area contributed by atoms with Crippen LogP contribution < -0.4 is 10.5 Å². The monoisotopic (exact) mass is 507 g/mol. The van der Waals surface area contributed by atoms with E-state index in [0.29, 0.717) is 34.2 Å². The number of likely N-dealkylation sites (tertiary alicyclic amines) is 1. The van der Waals surface area contributed by atoms with E-state index in [1.807, 2.05) is 42.5 Å². The number of nitrogens with zero attached hydrogens (tertiary/aromatic N) is 2. The van der Waals surface area contributed by atoms with Crippen LogP contribution in [0.5, 0.6) is 5.75 Å². The minimum atomic E-state index is -0.944. The molecule has 0 bridgehead atoms. The van der Waals surface area contributed by atoms with Crippen molar-refractivity contribution in [2.24, 2.45) is 5.73 Å². The van der Waals surface area contributed by atoms with Gasteiger partial charge in [0.05, 0.1) is 5.56 Å². The van der Waals surface area contributed by atoms with Crippen LogP contribution in [0.3, 0.4) is 0 Å². The average molecular weight is 508 g/mol. The van der Waals surface area contributed by atoms with Crippen molar-refractivity contribution in [3.8, 4) is 5.75 Å². The molecule has 1 atom stereocenters. The molecule has 7 heteroatoms. The predicted molar refractivity (Wildman–Crippen MR) is 145 cm³/mol. The van der Waals surface area contributed by atoms with Gasteiger partial charge in [0, 0.05) is 35.8 Å². The van der Waals surface area contributed by atoms with Gasteiger partial charge in [-0.1, -0.05) is 66.7 Å². The molecule has 0 radical (unpaired) electrons. The fraction of sp³-hybridized carbons (Fsp3) is 0.345. The van der Waals surface area contributed by atoms with Gasteiger partial charge in [-0.3, -0.25) is 4.90 Å².